The van der Waals surface area contributed by atoms with Gasteiger partial charge in [0.2, 0.25) is 0 Å². The number of amides is 2. The third-order valence-corrected chi connectivity index (χ3v) is 3.87. The number of hydrogen-bond acceptors (Lipinski definition) is 3. The number of benzene rings is 1. The van der Waals surface area contributed by atoms with Crippen LogP contribution < -0.4 is 16.4 Å². The third kappa shape index (κ3) is 4.42. The summed E-state index contributed by atoms with van der Waals surface area (Å²) in [5.41, 5.74) is 7.04. The molecule has 0 aliphatic heterocycles. The Morgan fingerprint density at radius 3 is 2.60 bits per heavy atom. The van der Waals surface area contributed by atoms with E-state index < -0.39 is 0 Å². The summed E-state index contributed by atoms with van der Waals surface area (Å²) in [7, 11) is 2.13. The molecule has 5 heteroatoms. The smallest absolute Gasteiger partial charge is 0.319 e. The van der Waals surface area contributed by atoms with Crippen LogP contribution in [-0.2, 0) is 0 Å². The van der Waals surface area contributed by atoms with Crippen molar-refractivity contribution in [1.29, 1.82) is 0 Å². The molecule has 1 fully saturated rings. The van der Waals surface area contributed by atoms with Crippen LogP contribution in [0.4, 0.5) is 16.2 Å². The van der Waals surface area contributed by atoms with Gasteiger partial charge in [0.25, 0.3) is 0 Å². The molecule has 2 amide bonds. The molecule has 0 unspecified atom stereocenters. The number of carbonyl (C=O) groups excluding carboxylic acids is 1. The van der Waals surface area contributed by atoms with Crippen molar-refractivity contribution in [3.8, 4) is 0 Å². The number of hydrogen-bond donors (Lipinski definition) is 3. The molecule has 4 N–H and O–H groups in total. The highest BCUT2D eigenvalue weighted by atomic mass is 16.2. The molecule has 5 nitrogen and oxygen atoms in total. The third-order valence-electron chi connectivity index (χ3n) is 3.87. The number of likely N-dealkylation sites (N-methyl/N-ethyl adjacent to an activating group) is 1. The standard InChI is InChI=1S/C15H24N4O/c1-19(14-4-2-3-5-14)11-10-17-15(20)18-13-8-6-12(16)7-9-13/h6-9,14H,2-5,10-11,16H2,1H3,(H2,17,18,20). The van der Waals surface area contributed by atoms with Gasteiger partial charge in [-0.3, -0.25) is 0 Å². The molecule has 0 aromatic heterocycles. The average molecular weight is 276 g/mol. The summed E-state index contributed by atoms with van der Waals surface area (Å²) in [6.45, 7) is 1.55. The van der Waals surface area contributed by atoms with Crippen LogP contribution in [0, 0.1) is 0 Å². The van der Waals surface area contributed by atoms with Crippen molar-refractivity contribution >= 4 is 17.4 Å². The highest BCUT2D eigenvalue weighted by Crippen LogP contribution is 2.21. The second-order valence-corrected chi connectivity index (χ2v) is 5.42. The lowest BCUT2D eigenvalue weighted by Gasteiger charge is -2.23. The molecule has 0 radical (unpaired) electrons. The molecule has 1 aromatic rings. The molecule has 110 valence electrons. The molecular formula is C15H24N4O. The predicted molar refractivity (Wildman–Crippen MR) is 82.8 cm³/mol. The summed E-state index contributed by atoms with van der Waals surface area (Å²) < 4.78 is 0. The zero-order chi connectivity index (χ0) is 14.4. The lowest BCUT2D eigenvalue weighted by Crippen LogP contribution is -2.38. The van der Waals surface area contributed by atoms with Gasteiger partial charge < -0.3 is 21.3 Å². The summed E-state index contributed by atoms with van der Waals surface area (Å²) in [6.07, 6.45) is 5.24. The molecule has 0 spiro atoms. The minimum atomic E-state index is -0.172. The van der Waals surface area contributed by atoms with Crippen LogP contribution in [0.3, 0.4) is 0 Å². The van der Waals surface area contributed by atoms with Crippen LogP contribution in [0.25, 0.3) is 0 Å². The number of rotatable bonds is 5. The van der Waals surface area contributed by atoms with Crippen LogP contribution in [-0.4, -0.2) is 37.1 Å². The van der Waals surface area contributed by atoms with Gasteiger partial charge in [-0.25, -0.2) is 4.79 Å². The van der Waals surface area contributed by atoms with Crippen molar-refractivity contribution in [1.82, 2.24) is 10.2 Å². The topological polar surface area (TPSA) is 70.4 Å². The van der Waals surface area contributed by atoms with Gasteiger partial charge >= 0.3 is 6.03 Å². The summed E-state index contributed by atoms with van der Waals surface area (Å²) in [6, 6.07) is 7.64. The Hall–Kier alpha value is -1.75. The Balaban J connectivity index is 1.65. The first-order chi connectivity index (χ1) is 9.65. The molecule has 20 heavy (non-hydrogen) atoms. The van der Waals surface area contributed by atoms with Crippen molar-refractivity contribution in [2.45, 2.75) is 31.7 Å². The zero-order valence-corrected chi connectivity index (χ0v) is 12.1. The van der Waals surface area contributed by atoms with Crippen LogP contribution in [0.2, 0.25) is 0 Å². The highest BCUT2D eigenvalue weighted by Gasteiger charge is 2.18. The van der Waals surface area contributed by atoms with E-state index in [0.717, 1.165) is 12.2 Å². The maximum absolute atomic E-state index is 11.7. The van der Waals surface area contributed by atoms with Gasteiger partial charge in [0.15, 0.2) is 0 Å². The molecular weight excluding hydrogens is 252 g/mol. The first-order valence-corrected chi connectivity index (χ1v) is 7.26. The fourth-order valence-corrected chi connectivity index (χ4v) is 2.62. The predicted octanol–water partition coefficient (Wildman–Crippen LogP) is 2.26. The number of urea groups is 1. The number of carbonyl (C=O) groups is 1. The Morgan fingerprint density at radius 1 is 1.30 bits per heavy atom. The lowest BCUT2D eigenvalue weighted by molar-refractivity contribution is 0.235. The normalized spacial score (nSPS) is 15.5. The minimum absolute atomic E-state index is 0.172. The summed E-state index contributed by atoms with van der Waals surface area (Å²) in [5.74, 6) is 0. The zero-order valence-electron chi connectivity index (χ0n) is 12.1. The van der Waals surface area contributed by atoms with Crippen molar-refractivity contribution in [2.24, 2.45) is 0 Å². The van der Waals surface area contributed by atoms with E-state index in [1.54, 1.807) is 24.3 Å². The monoisotopic (exact) mass is 276 g/mol. The number of nitrogens with zero attached hydrogens (tertiary/aromatic N) is 1. The number of nitrogens with one attached hydrogen (secondary N) is 2. The van der Waals surface area contributed by atoms with Crippen molar-refractivity contribution in [3.05, 3.63) is 24.3 Å². The van der Waals surface area contributed by atoms with Gasteiger partial charge in [0.1, 0.15) is 0 Å². The van der Waals surface area contributed by atoms with Crippen LogP contribution in [0.1, 0.15) is 25.7 Å². The molecule has 0 saturated heterocycles. The minimum Gasteiger partial charge on any atom is -0.399 e. The molecule has 1 saturated carbocycles. The van der Waals surface area contributed by atoms with Gasteiger partial charge in [-0.2, -0.15) is 0 Å². The molecule has 0 heterocycles. The Morgan fingerprint density at radius 2 is 1.95 bits per heavy atom. The van der Waals surface area contributed by atoms with Gasteiger partial charge in [-0.1, -0.05) is 12.8 Å². The number of nitrogens with two attached hydrogens (primary N) is 1. The van der Waals surface area contributed by atoms with Gasteiger partial charge in [0.05, 0.1) is 0 Å². The lowest BCUT2D eigenvalue weighted by atomic mass is 10.2. The second kappa shape index (κ2) is 7.14. The van der Waals surface area contributed by atoms with Crippen molar-refractivity contribution in [3.63, 3.8) is 0 Å². The van der Waals surface area contributed by atoms with Crippen molar-refractivity contribution in [2.75, 3.05) is 31.2 Å². The molecule has 1 aromatic carbocycles. The summed E-state index contributed by atoms with van der Waals surface area (Å²) in [5, 5.41) is 5.67. The van der Waals surface area contributed by atoms with Crippen LogP contribution in [0.5, 0.6) is 0 Å². The maximum atomic E-state index is 11.7. The van der Waals surface area contributed by atoms with Crippen LogP contribution >= 0.6 is 0 Å². The quantitative estimate of drug-likeness (QED) is 0.722. The van der Waals surface area contributed by atoms with E-state index in [9.17, 15) is 4.79 Å². The van der Waals surface area contributed by atoms with Gasteiger partial charge in [-0.05, 0) is 44.2 Å². The first-order valence-electron chi connectivity index (χ1n) is 7.26. The van der Waals surface area contributed by atoms with E-state index in [4.69, 9.17) is 5.73 Å². The fraction of sp³-hybridized carbons (Fsp3) is 0.533. The van der Waals surface area contributed by atoms with E-state index in [2.05, 4.69) is 22.6 Å². The Bertz CT molecular complexity index is 426. The van der Waals surface area contributed by atoms with E-state index in [-0.39, 0.29) is 6.03 Å². The van der Waals surface area contributed by atoms with E-state index in [1.165, 1.54) is 25.7 Å². The first kappa shape index (κ1) is 14.7. The largest absolute Gasteiger partial charge is 0.399 e. The maximum Gasteiger partial charge on any atom is 0.319 e. The summed E-state index contributed by atoms with van der Waals surface area (Å²) >= 11 is 0. The Labute approximate surface area is 120 Å². The number of anilines is 2. The molecule has 0 bridgehead atoms. The van der Waals surface area contributed by atoms with E-state index in [1.807, 2.05) is 0 Å². The van der Waals surface area contributed by atoms with Crippen molar-refractivity contribution < 1.29 is 4.79 Å². The SMILES string of the molecule is CN(CCNC(=O)Nc1ccc(N)cc1)C1CCCC1. The van der Waals surface area contributed by atoms with Gasteiger partial charge in [0, 0.05) is 30.5 Å². The molecule has 1 aliphatic rings. The van der Waals surface area contributed by atoms with Gasteiger partial charge in [-0.15, -0.1) is 0 Å². The Kier molecular flexibility index (Phi) is 5.24. The van der Waals surface area contributed by atoms with Crippen LogP contribution in [0.15, 0.2) is 24.3 Å². The molecule has 2 rings (SSSR count). The highest BCUT2D eigenvalue weighted by molar-refractivity contribution is 5.89. The summed E-state index contributed by atoms with van der Waals surface area (Å²) in [4.78, 5) is 14.1. The molecule has 1 aliphatic carbocycles. The van der Waals surface area contributed by atoms with E-state index in [0.29, 0.717) is 18.3 Å². The van der Waals surface area contributed by atoms with E-state index >= 15 is 0 Å². The number of nitrogen functional groups attached to an aromatic ring is 1. The second-order valence-electron chi connectivity index (χ2n) is 5.42. The average Bonchev–Trinajstić information content (AvgIpc) is 2.95. The fourth-order valence-electron chi connectivity index (χ4n) is 2.62. The molecule has 0 atom stereocenters.